The number of nitrogens with zero attached hydrogens (tertiary/aromatic N) is 3. The van der Waals surface area contributed by atoms with Gasteiger partial charge in [-0.1, -0.05) is 16.8 Å². The standard InChI is InChI=1S/C20H18ClF6N5O2/c21-13-9-12(18(33)29-10-2-3-14(22)11(8-10)16(28)31-34)17(30-15(13)20(25,26)27)32-6-1-4-19(23,24)5-7-32/h2-3,8-9,34H,1,4-7H2,(H2,28,31)(H,29,33). The zero-order valence-corrected chi connectivity index (χ0v) is 18.0. The van der Waals surface area contributed by atoms with Crippen LogP contribution < -0.4 is 16.0 Å². The van der Waals surface area contributed by atoms with Crippen LogP contribution in [-0.4, -0.2) is 40.9 Å². The third-order valence-corrected chi connectivity index (χ3v) is 5.38. The second-order valence-electron chi connectivity index (χ2n) is 7.52. The van der Waals surface area contributed by atoms with E-state index in [1.54, 1.807) is 0 Å². The van der Waals surface area contributed by atoms with Crippen molar-refractivity contribution in [1.82, 2.24) is 4.98 Å². The Morgan fingerprint density at radius 1 is 1.21 bits per heavy atom. The number of nitrogens with two attached hydrogens (primary N) is 1. The van der Waals surface area contributed by atoms with Crippen molar-refractivity contribution in [3.63, 3.8) is 0 Å². The van der Waals surface area contributed by atoms with Gasteiger partial charge in [-0.15, -0.1) is 0 Å². The normalized spacial score (nSPS) is 16.8. The van der Waals surface area contributed by atoms with Gasteiger partial charge in [-0.25, -0.2) is 18.2 Å². The van der Waals surface area contributed by atoms with E-state index in [-0.39, 0.29) is 30.8 Å². The van der Waals surface area contributed by atoms with E-state index in [4.69, 9.17) is 22.5 Å². The molecule has 1 fully saturated rings. The number of pyridine rings is 1. The number of aromatic nitrogens is 1. The zero-order chi connectivity index (χ0) is 25.3. The van der Waals surface area contributed by atoms with Crippen molar-refractivity contribution in [2.45, 2.75) is 31.4 Å². The maximum absolute atomic E-state index is 13.9. The van der Waals surface area contributed by atoms with Crippen LogP contribution >= 0.6 is 11.6 Å². The van der Waals surface area contributed by atoms with Crippen LogP contribution in [0.15, 0.2) is 29.4 Å². The molecule has 1 aliphatic rings. The van der Waals surface area contributed by atoms with Crippen LogP contribution in [0.4, 0.5) is 37.8 Å². The molecule has 2 heterocycles. The first-order valence-corrected chi connectivity index (χ1v) is 10.2. The van der Waals surface area contributed by atoms with E-state index in [2.05, 4.69) is 15.5 Å². The highest BCUT2D eigenvalue weighted by Crippen LogP contribution is 2.38. The number of anilines is 2. The fourth-order valence-corrected chi connectivity index (χ4v) is 3.67. The van der Waals surface area contributed by atoms with E-state index >= 15 is 0 Å². The Morgan fingerprint density at radius 2 is 1.91 bits per heavy atom. The SMILES string of the molecule is NC(=NO)c1cc(NC(=O)c2cc(Cl)c(C(F)(F)F)nc2N2CCCC(F)(F)CC2)ccc1F. The average molecular weight is 510 g/mol. The second-order valence-corrected chi connectivity index (χ2v) is 7.93. The Morgan fingerprint density at radius 3 is 2.56 bits per heavy atom. The van der Waals surface area contributed by atoms with Gasteiger partial charge in [-0.2, -0.15) is 13.2 Å². The summed E-state index contributed by atoms with van der Waals surface area (Å²) in [5, 5.41) is 12.9. The highest BCUT2D eigenvalue weighted by molar-refractivity contribution is 6.32. The molecule has 0 spiro atoms. The first kappa shape index (κ1) is 25.4. The minimum atomic E-state index is -4.95. The lowest BCUT2D eigenvalue weighted by Crippen LogP contribution is -2.30. The molecule has 7 nitrogen and oxygen atoms in total. The number of carbonyl (C=O) groups is 1. The van der Waals surface area contributed by atoms with Crippen molar-refractivity contribution in [3.05, 3.63) is 51.9 Å². The summed E-state index contributed by atoms with van der Waals surface area (Å²) in [5.74, 6) is -5.90. The molecule has 0 atom stereocenters. The fourth-order valence-electron chi connectivity index (χ4n) is 3.41. The number of alkyl halides is 5. The molecule has 0 bridgehead atoms. The molecule has 184 valence electrons. The second kappa shape index (κ2) is 9.57. The summed E-state index contributed by atoms with van der Waals surface area (Å²) in [4.78, 5) is 17.7. The molecular weight excluding hydrogens is 492 g/mol. The van der Waals surface area contributed by atoms with Crippen molar-refractivity contribution >= 4 is 34.8 Å². The number of amides is 1. The van der Waals surface area contributed by atoms with Crippen LogP contribution in [0, 0.1) is 5.82 Å². The molecule has 0 saturated carbocycles. The minimum Gasteiger partial charge on any atom is -0.409 e. The topological polar surface area (TPSA) is 104 Å². The molecule has 34 heavy (non-hydrogen) atoms. The van der Waals surface area contributed by atoms with E-state index in [1.165, 1.54) is 4.90 Å². The van der Waals surface area contributed by atoms with Gasteiger partial charge in [0.1, 0.15) is 11.6 Å². The molecule has 1 aliphatic heterocycles. The van der Waals surface area contributed by atoms with E-state index in [9.17, 15) is 31.1 Å². The fraction of sp³-hybridized carbons (Fsp3) is 0.350. The zero-order valence-electron chi connectivity index (χ0n) is 17.3. The molecule has 0 radical (unpaired) electrons. The molecule has 4 N–H and O–H groups in total. The molecular formula is C20H18ClF6N5O2. The Labute approximate surface area is 194 Å². The smallest absolute Gasteiger partial charge is 0.409 e. The van der Waals surface area contributed by atoms with Crippen molar-refractivity contribution in [1.29, 1.82) is 0 Å². The summed E-state index contributed by atoms with van der Waals surface area (Å²) in [6, 6.07) is 3.83. The van der Waals surface area contributed by atoms with Gasteiger partial charge in [0.25, 0.3) is 5.91 Å². The minimum absolute atomic E-state index is 0.0409. The largest absolute Gasteiger partial charge is 0.434 e. The Hall–Kier alpha value is -3.22. The highest BCUT2D eigenvalue weighted by atomic mass is 35.5. The summed E-state index contributed by atoms with van der Waals surface area (Å²) in [7, 11) is 0. The Kier molecular flexibility index (Phi) is 7.15. The van der Waals surface area contributed by atoms with Crippen LogP contribution in [0.1, 0.15) is 40.9 Å². The van der Waals surface area contributed by atoms with E-state index in [1.807, 2.05) is 0 Å². The summed E-state index contributed by atoms with van der Waals surface area (Å²) >= 11 is 5.75. The van der Waals surface area contributed by atoms with Crippen LogP contribution in [0.3, 0.4) is 0 Å². The predicted octanol–water partition coefficient (Wildman–Crippen LogP) is 4.87. The number of halogens is 7. The Balaban J connectivity index is 2.03. The molecule has 0 unspecified atom stereocenters. The van der Waals surface area contributed by atoms with Gasteiger partial charge < -0.3 is 21.2 Å². The van der Waals surface area contributed by atoms with Crippen molar-refractivity contribution in [2.24, 2.45) is 10.9 Å². The van der Waals surface area contributed by atoms with Gasteiger partial charge in [0, 0.05) is 31.6 Å². The summed E-state index contributed by atoms with van der Waals surface area (Å²) in [5.41, 5.74) is 3.12. The number of amidine groups is 1. The number of benzene rings is 1. The number of rotatable bonds is 4. The summed E-state index contributed by atoms with van der Waals surface area (Å²) in [6.45, 7) is -0.407. The van der Waals surface area contributed by atoms with Crippen molar-refractivity contribution < 1.29 is 36.3 Å². The number of hydrogen-bond donors (Lipinski definition) is 3. The van der Waals surface area contributed by atoms with Crippen molar-refractivity contribution in [3.8, 4) is 0 Å². The first-order chi connectivity index (χ1) is 15.8. The molecule has 14 heteroatoms. The number of carbonyl (C=O) groups excluding carboxylic acids is 1. The number of oxime groups is 1. The lowest BCUT2D eigenvalue weighted by Gasteiger charge is -2.25. The maximum Gasteiger partial charge on any atom is 0.434 e. The van der Waals surface area contributed by atoms with E-state index < -0.39 is 64.6 Å². The van der Waals surface area contributed by atoms with Crippen LogP contribution in [-0.2, 0) is 6.18 Å². The molecule has 3 rings (SSSR count). The maximum atomic E-state index is 13.9. The van der Waals surface area contributed by atoms with E-state index in [0.29, 0.717) is 0 Å². The summed E-state index contributed by atoms with van der Waals surface area (Å²) in [6.07, 6.45) is -6.10. The lowest BCUT2D eigenvalue weighted by atomic mass is 10.1. The van der Waals surface area contributed by atoms with Crippen LogP contribution in [0.5, 0.6) is 0 Å². The molecule has 1 aromatic heterocycles. The third-order valence-electron chi connectivity index (χ3n) is 5.09. The average Bonchev–Trinajstić information content (AvgIpc) is 2.93. The first-order valence-electron chi connectivity index (χ1n) is 9.82. The quantitative estimate of drug-likeness (QED) is 0.179. The predicted molar refractivity (Wildman–Crippen MR) is 112 cm³/mol. The molecule has 1 aromatic carbocycles. The number of hydrogen-bond acceptors (Lipinski definition) is 5. The van der Waals surface area contributed by atoms with Gasteiger partial charge in [0.15, 0.2) is 11.5 Å². The van der Waals surface area contributed by atoms with E-state index in [0.717, 1.165) is 24.3 Å². The van der Waals surface area contributed by atoms with Crippen LogP contribution in [0.25, 0.3) is 0 Å². The molecule has 0 aliphatic carbocycles. The van der Waals surface area contributed by atoms with Gasteiger partial charge in [0.2, 0.25) is 5.92 Å². The molecule has 1 amide bonds. The molecule has 2 aromatic rings. The highest BCUT2D eigenvalue weighted by Gasteiger charge is 2.39. The lowest BCUT2D eigenvalue weighted by molar-refractivity contribution is -0.141. The van der Waals surface area contributed by atoms with Crippen LogP contribution in [0.2, 0.25) is 5.02 Å². The summed E-state index contributed by atoms with van der Waals surface area (Å²) < 4.78 is 81.7. The van der Waals surface area contributed by atoms with Gasteiger partial charge in [-0.3, -0.25) is 4.79 Å². The van der Waals surface area contributed by atoms with Gasteiger partial charge in [0.05, 0.1) is 16.1 Å². The monoisotopic (exact) mass is 509 g/mol. The number of nitrogens with one attached hydrogen (secondary N) is 1. The molecule has 1 saturated heterocycles. The van der Waals surface area contributed by atoms with Gasteiger partial charge in [-0.05, 0) is 30.7 Å². The Bertz CT molecular complexity index is 1130. The van der Waals surface area contributed by atoms with Gasteiger partial charge >= 0.3 is 6.18 Å². The van der Waals surface area contributed by atoms with Crippen molar-refractivity contribution in [2.75, 3.05) is 23.3 Å². The third kappa shape index (κ3) is 5.64.